The molecule has 1 aromatic carbocycles. The first-order valence-electron chi connectivity index (χ1n) is 5.13. The molecule has 0 heterocycles. The summed E-state index contributed by atoms with van der Waals surface area (Å²) in [6, 6.07) is 4.18. The highest BCUT2D eigenvalue weighted by molar-refractivity contribution is 9.10. The monoisotopic (exact) mass is 312 g/mol. The number of carboxylic acid groups (broad SMARTS) is 1. The van der Waals surface area contributed by atoms with Crippen LogP contribution in [0.2, 0.25) is 0 Å². The van der Waals surface area contributed by atoms with Crippen molar-refractivity contribution in [2.45, 2.75) is 6.92 Å². The fraction of sp³-hybridized carbons (Fsp3) is 0.167. The van der Waals surface area contributed by atoms with E-state index in [9.17, 15) is 9.59 Å². The normalized spacial score (nSPS) is 9.67. The van der Waals surface area contributed by atoms with E-state index in [1.54, 1.807) is 19.1 Å². The molecule has 6 heteroatoms. The molecule has 1 rings (SSSR count). The molecular weight excluding hydrogens is 300 g/mol. The van der Waals surface area contributed by atoms with Crippen LogP contribution in [0.3, 0.4) is 0 Å². The van der Waals surface area contributed by atoms with Crippen molar-refractivity contribution in [3.8, 4) is 0 Å². The Labute approximate surface area is 113 Å². The summed E-state index contributed by atoms with van der Waals surface area (Å²) in [7, 11) is 0. The standard InChI is InChI=1S/C12H13BrN2O3/c1-7(2)6-14-12(18)15-10-8(11(16)17)4-3-5-9(10)13/h3-5H,1,6H2,2H3,(H,16,17)(H2,14,15,18). The van der Waals surface area contributed by atoms with Crippen LogP contribution in [0.5, 0.6) is 0 Å². The molecule has 0 radical (unpaired) electrons. The van der Waals surface area contributed by atoms with Crippen molar-refractivity contribution in [3.05, 3.63) is 40.4 Å². The number of carbonyl (C=O) groups is 2. The highest BCUT2D eigenvalue weighted by atomic mass is 79.9. The molecule has 5 nitrogen and oxygen atoms in total. The molecule has 0 bridgehead atoms. The lowest BCUT2D eigenvalue weighted by atomic mass is 10.2. The zero-order valence-corrected chi connectivity index (χ0v) is 11.4. The lowest BCUT2D eigenvalue weighted by Gasteiger charge is -2.11. The van der Waals surface area contributed by atoms with Crippen molar-refractivity contribution in [3.63, 3.8) is 0 Å². The van der Waals surface area contributed by atoms with Gasteiger partial charge in [0.1, 0.15) is 0 Å². The number of aromatic carboxylic acids is 1. The molecule has 0 aliphatic carbocycles. The maximum Gasteiger partial charge on any atom is 0.337 e. The zero-order chi connectivity index (χ0) is 13.7. The highest BCUT2D eigenvalue weighted by Gasteiger charge is 2.14. The second kappa shape index (κ2) is 6.20. The first-order chi connectivity index (χ1) is 8.41. The van der Waals surface area contributed by atoms with Crippen LogP contribution in [0.4, 0.5) is 10.5 Å². The third-order valence-corrected chi connectivity index (χ3v) is 2.69. The number of benzene rings is 1. The first kappa shape index (κ1) is 14.2. The van der Waals surface area contributed by atoms with E-state index < -0.39 is 12.0 Å². The van der Waals surface area contributed by atoms with Gasteiger partial charge < -0.3 is 15.7 Å². The second-order valence-corrected chi connectivity index (χ2v) is 4.59. The van der Waals surface area contributed by atoms with Crippen molar-refractivity contribution >= 4 is 33.6 Å². The van der Waals surface area contributed by atoms with Gasteiger partial charge in [-0.1, -0.05) is 18.2 Å². The number of halogens is 1. The molecule has 0 fully saturated rings. The molecular formula is C12H13BrN2O3. The minimum atomic E-state index is -1.11. The number of hydrogen-bond donors (Lipinski definition) is 3. The molecule has 3 N–H and O–H groups in total. The lowest BCUT2D eigenvalue weighted by Crippen LogP contribution is -2.30. The van der Waals surface area contributed by atoms with Crippen molar-refractivity contribution in [1.82, 2.24) is 5.32 Å². The molecule has 0 aromatic heterocycles. The number of hydrogen-bond acceptors (Lipinski definition) is 2. The van der Waals surface area contributed by atoms with Gasteiger partial charge in [-0.25, -0.2) is 9.59 Å². The van der Waals surface area contributed by atoms with Crippen LogP contribution in [0.1, 0.15) is 17.3 Å². The van der Waals surface area contributed by atoms with E-state index in [1.165, 1.54) is 6.07 Å². The first-order valence-corrected chi connectivity index (χ1v) is 5.92. The van der Waals surface area contributed by atoms with Gasteiger partial charge >= 0.3 is 12.0 Å². The summed E-state index contributed by atoms with van der Waals surface area (Å²) in [4.78, 5) is 22.6. The van der Waals surface area contributed by atoms with Gasteiger partial charge in [-0.05, 0) is 35.0 Å². The Balaban J connectivity index is 2.86. The summed E-state index contributed by atoms with van der Waals surface area (Å²) in [6.07, 6.45) is 0. The van der Waals surface area contributed by atoms with E-state index in [0.29, 0.717) is 11.0 Å². The summed E-state index contributed by atoms with van der Waals surface area (Å²) in [5.41, 5.74) is 1.05. The molecule has 0 spiro atoms. The number of carboxylic acids is 1. The van der Waals surface area contributed by atoms with Gasteiger partial charge in [0.25, 0.3) is 0 Å². The molecule has 0 atom stereocenters. The van der Waals surface area contributed by atoms with Gasteiger partial charge in [0.15, 0.2) is 0 Å². The summed E-state index contributed by atoms with van der Waals surface area (Å²) in [6.45, 7) is 5.76. The zero-order valence-electron chi connectivity index (χ0n) is 9.79. The lowest BCUT2D eigenvalue weighted by molar-refractivity contribution is 0.0698. The van der Waals surface area contributed by atoms with E-state index in [1.807, 2.05) is 0 Å². The molecule has 0 saturated heterocycles. The highest BCUT2D eigenvalue weighted by Crippen LogP contribution is 2.26. The number of anilines is 1. The predicted octanol–water partition coefficient (Wildman–Crippen LogP) is 2.84. The quantitative estimate of drug-likeness (QED) is 0.748. The third kappa shape index (κ3) is 3.89. The molecule has 2 amide bonds. The van der Waals surface area contributed by atoms with Gasteiger partial charge in [-0.3, -0.25) is 0 Å². The van der Waals surface area contributed by atoms with E-state index in [4.69, 9.17) is 5.11 Å². The third-order valence-electron chi connectivity index (χ3n) is 2.03. The minimum Gasteiger partial charge on any atom is -0.478 e. The van der Waals surface area contributed by atoms with Gasteiger partial charge in [-0.2, -0.15) is 0 Å². The number of amides is 2. The predicted molar refractivity (Wildman–Crippen MR) is 72.9 cm³/mol. The van der Waals surface area contributed by atoms with E-state index in [-0.39, 0.29) is 11.3 Å². The molecule has 0 aliphatic rings. The summed E-state index contributed by atoms with van der Waals surface area (Å²) in [5, 5.41) is 14.1. The van der Waals surface area contributed by atoms with E-state index >= 15 is 0 Å². The smallest absolute Gasteiger partial charge is 0.337 e. The number of para-hydroxylation sites is 1. The van der Waals surface area contributed by atoms with Crippen molar-refractivity contribution in [2.24, 2.45) is 0 Å². The van der Waals surface area contributed by atoms with Gasteiger partial charge in [-0.15, -0.1) is 0 Å². The molecule has 0 unspecified atom stereocenters. The minimum absolute atomic E-state index is 0.0230. The average molecular weight is 313 g/mol. The number of carbonyl (C=O) groups excluding carboxylic acids is 1. The fourth-order valence-corrected chi connectivity index (χ4v) is 1.68. The Hall–Kier alpha value is -1.82. The summed E-state index contributed by atoms with van der Waals surface area (Å²) >= 11 is 3.20. The van der Waals surface area contributed by atoms with E-state index in [0.717, 1.165) is 5.57 Å². The van der Waals surface area contributed by atoms with Gasteiger partial charge in [0.2, 0.25) is 0 Å². The van der Waals surface area contributed by atoms with Gasteiger partial charge in [0.05, 0.1) is 11.3 Å². The second-order valence-electron chi connectivity index (χ2n) is 3.73. The Morgan fingerprint density at radius 3 is 2.67 bits per heavy atom. The number of urea groups is 1. The largest absolute Gasteiger partial charge is 0.478 e. The molecule has 1 aromatic rings. The molecule has 18 heavy (non-hydrogen) atoms. The van der Waals surface area contributed by atoms with Crippen LogP contribution < -0.4 is 10.6 Å². The van der Waals surface area contributed by atoms with Crippen LogP contribution in [0.15, 0.2) is 34.8 Å². The van der Waals surface area contributed by atoms with Crippen LogP contribution >= 0.6 is 15.9 Å². The van der Waals surface area contributed by atoms with Crippen LogP contribution in [0, 0.1) is 0 Å². The summed E-state index contributed by atoms with van der Waals surface area (Å²) in [5.74, 6) is -1.11. The van der Waals surface area contributed by atoms with E-state index in [2.05, 4.69) is 33.1 Å². The SMILES string of the molecule is C=C(C)CNC(=O)Nc1c(Br)cccc1C(=O)O. The Kier molecular flexibility index (Phi) is 4.91. The molecule has 0 aliphatic heterocycles. The summed E-state index contributed by atoms with van der Waals surface area (Å²) < 4.78 is 0.507. The Bertz CT molecular complexity index is 500. The van der Waals surface area contributed by atoms with Crippen LogP contribution in [-0.2, 0) is 0 Å². The number of rotatable bonds is 4. The van der Waals surface area contributed by atoms with Crippen molar-refractivity contribution in [1.29, 1.82) is 0 Å². The van der Waals surface area contributed by atoms with Gasteiger partial charge in [0, 0.05) is 11.0 Å². The fourth-order valence-electron chi connectivity index (χ4n) is 1.22. The maximum absolute atomic E-state index is 11.6. The Morgan fingerprint density at radius 1 is 1.44 bits per heavy atom. The topological polar surface area (TPSA) is 78.4 Å². The molecule has 0 saturated carbocycles. The molecule has 96 valence electrons. The van der Waals surface area contributed by atoms with Crippen molar-refractivity contribution in [2.75, 3.05) is 11.9 Å². The van der Waals surface area contributed by atoms with Crippen LogP contribution in [-0.4, -0.2) is 23.7 Å². The maximum atomic E-state index is 11.6. The number of nitrogens with one attached hydrogen (secondary N) is 2. The van der Waals surface area contributed by atoms with Crippen LogP contribution in [0.25, 0.3) is 0 Å². The average Bonchev–Trinajstić information content (AvgIpc) is 2.28. The van der Waals surface area contributed by atoms with Crippen molar-refractivity contribution < 1.29 is 14.7 Å². The Morgan fingerprint density at radius 2 is 2.11 bits per heavy atom.